The molecule has 1 N–H and O–H groups in total. The van der Waals surface area contributed by atoms with Gasteiger partial charge in [-0.05, 0) is 18.2 Å². The first kappa shape index (κ1) is 11.0. The normalized spacial score (nSPS) is 9.43. The first-order chi connectivity index (χ1) is 6.65. The van der Waals surface area contributed by atoms with Crippen molar-refractivity contribution < 1.29 is 9.90 Å². The van der Waals surface area contributed by atoms with E-state index in [9.17, 15) is 4.79 Å². The fourth-order valence-corrected chi connectivity index (χ4v) is 1.79. The zero-order valence-electron chi connectivity index (χ0n) is 7.16. The van der Waals surface area contributed by atoms with Crippen molar-refractivity contribution in [1.82, 2.24) is 0 Å². The molecule has 0 atom stereocenters. The molecule has 0 saturated heterocycles. The van der Waals surface area contributed by atoms with Crippen LogP contribution in [0.1, 0.15) is 10.4 Å². The van der Waals surface area contributed by atoms with Crippen molar-refractivity contribution in [3.8, 4) is 12.3 Å². The molecule has 1 aromatic carbocycles. The predicted molar refractivity (Wildman–Crippen MR) is 58.0 cm³/mol. The molecule has 0 spiro atoms. The van der Waals surface area contributed by atoms with Crippen molar-refractivity contribution in [1.29, 1.82) is 0 Å². The second kappa shape index (κ2) is 4.94. The van der Waals surface area contributed by atoms with E-state index < -0.39 is 5.97 Å². The van der Waals surface area contributed by atoms with E-state index in [-0.39, 0.29) is 5.56 Å². The van der Waals surface area contributed by atoms with Crippen LogP contribution in [0.5, 0.6) is 0 Å². The molecule has 0 unspecified atom stereocenters. The number of hydrogen-bond acceptors (Lipinski definition) is 2. The van der Waals surface area contributed by atoms with Gasteiger partial charge in [-0.2, -0.15) is 0 Å². The highest BCUT2D eigenvalue weighted by Gasteiger charge is 2.10. The molecule has 0 aliphatic rings. The summed E-state index contributed by atoms with van der Waals surface area (Å²) in [5.74, 6) is 1.89. The van der Waals surface area contributed by atoms with Crippen LogP contribution in [0.15, 0.2) is 23.1 Å². The van der Waals surface area contributed by atoms with Gasteiger partial charge in [-0.3, -0.25) is 0 Å². The molecule has 0 amide bonds. The van der Waals surface area contributed by atoms with Gasteiger partial charge in [0, 0.05) is 9.92 Å². The quantitative estimate of drug-likeness (QED) is 0.636. The molecule has 0 aliphatic heterocycles. The lowest BCUT2D eigenvalue weighted by Gasteiger charge is -2.03. The van der Waals surface area contributed by atoms with Gasteiger partial charge in [0.1, 0.15) is 0 Å². The largest absolute Gasteiger partial charge is 0.478 e. The predicted octanol–water partition coefficient (Wildman–Crippen LogP) is 2.76. The van der Waals surface area contributed by atoms with Crippen LogP contribution < -0.4 is 0 Å². The summed E-state index contributed by atoms with van der Waals surface area (Å²) >= 11 is 6.99. The third-order valence-electron chi connectivity index (χ3n) is 1.48. The van der Waals surface area contributed by atoms with Gasteiger partial charge >= 0.3 is 5.97 Å². The number of carbonyl (C=O) groups is 1. The highest BCUT2D eigenvalue weighted by Crippen LogP contribution is 2.25. The Morgan fingerprint density at radius 1 is 1.64 bits per heavy atom. The average molecular weight is 227 g/mol. The summed E-state index contributed by atoms with van der Waals surface area (Å²) in [6, 6.07) is 4.73. The topological polar surface area (TPSA) is 37.3 Å². The Labute approximate surface area is 91.3 Å². The third-order valence-corrected chi connectivity index (χ3v) is 2.70. The fourth-order valence-electron chi connectivity index (χ4n) is 0.915. The lowest BCUT2D eigenvalue weighted by molar-refractivity contribution is 0.0693. The Morgan fingerprint density at radius 2 is 2.36 bits per heavy atom. The Balaban J connectivity index is 3.03. The molecule has 1 rings (SSSR count). The van der Waals surface area contributed by atoms with Crippen molar-refractivity contribution in [3.63, 3.8) is 0 Å². The van der Waals surface area contributed by atoms with E-state index in [4.69, 9.17) is 23.1 Å². The Hall–Kier alpha value is -1.11. The SMILES string of the molecule is C#CCSc1ccc(Cl)cc1C(=O)O. The molecule has 72 valence electrons. The van der Waals surface area contributed by atoms with E-state index in [1.54, 1.807) is 12.1 Å². The highest BCUT2D eigenvalue weighted by molar-refractivity contribution is 7.99. The number of benzene rings is 1. The summed E-state index contributed by atoms with van der Waals surface area (Å²) < 4.78 is 0. The van der Waals surface area contributed by atoms with Gasteiger partial charge in [-0.15, -0.1) is 18.2 Å². The molecule has 14 heavy (non-hydrogen) atoms. The van der Waals surface area contributed by atoms with E-state index in [2.05, 4.69) is 5.92 Å². The standard InChI is InChI=1S/C10H7ClO2S/c1-2-5-14-9-4-3-7(11)6-8(9)10(12)13/h1,3-4,6H,5H2,(H,12,13). The Kier molecular flexibility index (Phi) is 3.87. The number of aromatic carboxylic acids is 1. The van der Waals surface area contributed by atoms with Gasteiger partial charge in [-0.25, -0.2) is 4.79 Å². The van der Waals surface area contributed by atoms with Gasteiger partial charge in [0.15, 0.2) is 0 Å². The first-order valence-electron chi connectivity index (χ1n) is 3.74. The maximum absolute atomic E-state index is 10.8. The lowest BCUT2D eigenvalue weighted by atomic mass is 10.2. The molecular weight excluding hydrogens is 220 g/mol. The number of terminal acetylenes is 1. The molecule has 0 heterocycles. The molecule has 0 aromatic heterocycles. The van der Waals surface area contributed by atoms with Crippen molar-refractivity contribution in [2.45, 2.75) is 4.90 Å². The number of thioether (sulfide) groups is 1. The van der Waals surface area contributed by atoms with Gasteiger partial charge < -0.3 is 5.11 Å². The first-order valence-corrected chi connectivity index (χ1v) is 5.10. The van der Waals surface area contributed by atoms with Gasteiger partial charge in [0.05, 0.1) is 11.3 Å². The summed E-state index contributed by atoms with van der Waals surface area (Å²) in [6.45, 7) is 0. The van der Waals surface area contributed by atoms with E-state index in [0.29, 0.717) is 15.7 Å². The van der Waals surface area contributed by atoms with Crippen LogP contribution in [0.4, 0.5) is 0 Å². The van der Waals surface area contributed by atoms with Crippen LogP contribution in [0, 0.1) is 12.3 Å². The van der Waals surface area contributed by atoms with E-state index >= 15 is 0 Å². The third kappa shape index (κ3) is 2.69. The summed E-state index contributed by atoms with van der Waals surface area (Å²) in [5, 5.41) is 9.28. The minimum Gasteiger partial charge on any atom is -0.478 e. The maximum atomic E-state index is 10.8. The molecule has 0 fully saturated rings. The summed E-state index contributed by atoms with van der Waals surface area (Å²) in [5.41, 5.74) is 0.192. The highest BCUT2D eigenvalue weighted by atomic mass is 35.5. The van der Waals surface area contributed by atoms with Crippen molar-refractivity contribution in [2.24, 2.45) is 0 Å². The van der Waals surface area contributed by atoms with Crippen molar-refractivity contribution in [3.05, 3.63) is 28.8 Å². The minimum absolute atomic E-state index is 0.192. The maximum Gasteiger partial charge on any atom is 0.336 e. The smallest absolute Gasteiger partial charge is 0.336 e. The van der Waals surface area contributed by atoms with Gasteiger partial charge in [-0.1, -0.05) is 17.5 Å². The Bertz CT molecular complexity index is 396. The Morgan fingerprint density at radius 3 is 2.93 bits per heavy atom. The number of carboxylic acid groups (broad SMARTS) is 1. The number of halogens is 1. The number of carboxylic acids is 1. The zero-order valence-corrected chi connectivity index (χ0v) is 8.73. The van der Waals surface area contributed by atoms with Crippen molar-refractivity contribution >= 4 is 29.3 Å². The van der Waals surface area contributed by atoms with Crippen LogP contribution in [0.25, 0.3) is 0 Å². The second-order valence-corrected chi connectivity index (χ2v) is 3.89. The molecule has 0 bridgehead atoms. The second-order valence-electron chi connectivity index (χ2n) is 2.44. The molecule has 0 aliphatic carbocycles. The summed E-state index contributed by atoms with van der Waals surface area (Å²) in [7, 11) is 0. The molecule has 0 radical (unpaired) electrons. The molecule has 0 saturated carbocycles. The molecule has 1 aromatic rings. The minimum atomic E-state index is -0.993. The monoisotopic (exact) mass is 226 g/mol. The van der Waals surface area contributed by atoms with E-state index in [1.165, 1.54) is 17.8 Å². The fraction of sp³-hybridized carbons (Fsp3) is 0.100. The van der Waals surface area contributed by atoms with Gasteiger partial charge in [0.2, 0.25) is 0 Å². The average Bonchev–Trinajstić information content (AvgIpc) is 2.15. The molecule has 2 nitrogen and oxygen atoms in total. The van der Waals surface area contributed by atoms with E-state index in [0.717, 1.165) is 0 Å². The van der Waals surface area contributed by atoms with Gasteiger partial charge in [0.25, 0.3) is 0 Å². The number of rotatable bonds is 3. The lowest BCUT2D eigenvalue weighted by Crippen LogP contribution is -1.98. The zero-order chi connectivity index (χ0) is 10.6. The van der Waals surface area contributed by atoms with Crippen LogP contribution in [-0.4, -0.2) is 16.8 Å². The van der Waals surface area contributed by atoms with Crippen LogP contribution in [0.2, 0.25) is 5.02 Å². The number of hydrogen-bond donors (Lipinski definition) is 1. The van der Waals surface area contributed by atoms with Crippen LogP contribution in [0.3, 0.4) is 0 Å². The van der Waals surface area contributed by atoms with Crippen LogP contribution in [-0.2, 0) is 0 Å². The van der Waals surface area contributed by atoms with Crippen molar-refractivity contribution in [2.75, 3.05) is 5.75 Å². The summed E-state index contributed by atoms with van der Waals surface area (Å²) in [6.07, 6.45) is 5.09. The van der Waals surface area contributed by atoms with Crippen LogP contribution >= 0.6 is 23.4 Å². The molecule has 4 heteroatoms. The van der Waals surface area contributed by atoms with E-state index in [1.807, 2.05) is 0 Å². The molecular formula is C10H7ClO2S. The summed E-state index contributed by atoms with van der Waals surface area (Å²) in [4.78, 5) is 11.5.